The van der Waals surface area contributed by atoms with Gasteiger partial charge in [0, 0.05) is 0 Å². The molecule has 0 saturated carbocycles. The van der Waals surface area contributed by atoms with Gasteiger partial charge in [0.15, 0.2) is 0 Å². The van der Waals surface area contributed by atoms with E-state index in [1.54, 1.807) is 6.07 Å². The minimum atomic E-state index is -4.97. The Labute approximate surface area is 161 Å². The second-order valence-corrected chi connectivity index (χ2v) is 6.11. The number of alkyl halides is 6. The fourth-order valence-electron chi connectivity index (χ4n) is 3.10. The SMILES string of the molecule is N#Cc1ccc(-c2ccccc2C(F)(F)F)c(-c2cccc(O)c2C(F)(F)F)c1. The summed E-state index contributed by atoms with van der Waals surface area (Å²) in [6, 6.07) is 12.7. The first-order valence-corrected chi connectivity index (χ1v) is 8.14. The Morgan fingerprint density at radius 2 is 1.34 bits per heavy atom. The van der Waals surface area contributed by atoms with Gasteiger partial charge in [-0.1, -0.05) is 36.4 Å². The summed E-state index contributed by atoms with van der Waals surface area (Å²) in [7, 11) is 0. The largest absolute Gasteiger partial charge is 0.507 e. The quantitative estimate of drug-likeness (QED) is 0.484. The Balaban J connectivity index is 2.41. The molecule has 3 aromatic rings. The molecule has 0 radical (unpaired) electrons. The third-order valence-corrected chi connectivity index (χ3v) is 4.29. The first kappa shape index (κ1) is 20.3. The number of aromatic hydroxyl groups is 1. The van der Waals surface area contributed by atoms with Crippen LogP contribution >= 0.6 is 0 Å². The smallest absolute Gasteiger partial charge is 0.420 e. The number of halogens is 6. The molecular weight excluding hydrogens is 396 g/mol. The normalized spacial score (nSPS) is 11.9. The van der Waals surface area contributed by atoms with Crippen molar-refractivity contribution in [3.8, 4) is 34.1 Å². The van der Waals surface area contributed by atoms with E-state index >= 15 is 0 Å². The van der Waals surface area contributed by atoms with E-state index in [9.17, 15) is 31.4 Å². The van der Waals surface area contributed by atoms with Crippen molar-refractivity contribution in [1.82, 2.24) is 0 Å². The Hall–Kier alpha value is -3.47. The van der Waals surface area contributed by atoms with Crippen molar-refractivity contribution in [1.29, 1.82) is 5.26 Å². The maximum absolute atomic E-state index is 13.6. The van der Waals surface area contributed by atoms with Crippen LogP contribution in [-0.2, 0) is 12.4 Å². The van der Waals surface area contributed by atoms with Gasteiger partial charge < -0.3 is 5.11 Å². The van der Waals surface area contributed by atoms with E-state index in [2.05, 4.69) is 0 Å². The predicted octanol–water partition coefficient (Wildman–Crippen LogP) is 6.64. The minimum absolute atomic E-state index is 0.0373. The van der Waals surface area contributed by atoms with Gasteiger partial charge in [0.05, 0.1) is 17.2 Å². The molecule has 0 aromatic heterocycles. The van der Waals surface area contributed by atoms with Crippen LogP contribution in [0.4, 0.5) is 26.3 Å². The lowest BCUT2D eigenvalue weighted by atomic mass is 9.88. The van der Waals surface area contributed by atoms with Crippen molar-refractivity contribution in [2.45, 2.75) is 12.4 Å². The summed E-state index contributed by atoms with van der Waals surface area (Å²) in [6.45, 7) is 0. The first-order valence-electron chi connectivity index (χ1n) is 8.14. The molecule has 0 aliphatic carbocycles. The van der Waals surface area contributed by atoms with Crippen LogP contribution in [-0.4, -0.2) is 5.11 Å². The molecule has 0 amide bonds. The maximum atomic E-state index is 13.6. The summed E-state index contributed by atoms with van der Waals surface area (Å²) in [5, 5.41) is 18.9. The number of phenols is 1. The lowest BCUT2D eigenvalue weighted by Crippen LogP contribution is -2.09. The molecule has 0 heterocycles. The van der Waals surface area contributed by atoms with Crippen LogP contribution in [0.5, 0.6) is 5.75 Å². The zero-order valence-corrected chi connectivity index (χ0v) is 14.4. The molecule has 3 aromatic carbocycles. The molecule has 2 nitrogen and oxygen atoms in total. The Morgan fingerprint density at radius 3 is 1.97 bits per heavy atom. The molecule has 0 atom stereocenters. The topological polar surface area (TPSA) is 44.0 Å². The highest BCUT2D eigenvalue weighted by Crippen LogP contribution is 2.46. The summed E-state index contributed by atoms with van der Waals surface area (Å²) < 4.78 is 81.1. The van der Waals surface area contributed by atoms with Gasteiger partial charge in [0.1, 0.15) is 11.3 Å². The fraction of sp³-hybridized carbons (Fsp3) is 0.0952. The number of nitrogens with zero attached hydrogens (tertiary/aromatic N) is 1. The van der Waals surface area contributed by atoms with Crippen molar-refractivity contribution in [3.63, 3.8) is 0 Å². The van der Waals surface area contributed by atoms with E-state index in [4.69, 9.17) is 5.26 Å². The van der Waals surface area contributed by atoms with Gasteiger partial charge >= 0.3 is 12.4 Å². The second kappa shape index (κ2) is 7.17. The lowest BCUT2D eigenvalue weighted by molar-refractivity contribution is -0.138. The van der Waals surface area contributed by atoms with Crippen LogP contribution in [0.1, 0.15) is 16.7 Å². The van der Waals surface area contributed by atoms with Crippen LogP contribution < -0.4 is 0 Å². The Morgan fingerprint density at radius 1 is 0.690 bits per heavy atom. The van der Waals surface area contributed by atoms with Gasteiger partial charge in [0.25, 0.3) is 0 Å². The monoisotopic (exact) mass is 407 g/mol. The van der Waals surface area contributed by atoms with Crippen LogP contribution in [0, 0.1) is 11.3 Å². The highest BCUT2D eigenvalue weighted by atomic mass is 19.4. The average Bonchev–Trinajstić information content (AvgIpc) is 2.65. The van der Waals surface area contributed by atoms with Crippen molar-refractivity contribution in [2.75, 3.05) is 0 Å². The number of rotatable bonds is 2. The van der Waals surface area contributed by atoms with Gasteiger partial charge in [-0.05, 0) is 46.5 Å². The predicted molar refractivity (Wildman–Crippen MR) is 93.7 cm³/mol. The Bertz CT molecular complexity index is 1110. The third-order valence-electron chi connectivity index (χ3n) is 4.29. The third kappa shape index (κ3) is 3.90. The molecule has 0 aliphatic heterocycles. The highest BCUT2D eigenvalue weighted by molar-refractivity contribution is 5.88. The number of benzene rings is 3. The van der Waals surface area contributed by atoms with Crippen molar-refractivity contribution >= 4 is 0 Å². The zero-order valence-electron chi connectivity index (χ0n) is 14.4. The number of nitriles is 1. The summed E-state index contributed by atoms with van der Waals surface area (Å²) in [5.74, 6) is -1.06. The second-order valence-electron chi connectivity index (χ2n) is 6.11. The molecule has 0 fully saturated rings. The van der Waals surface area contributed by atoms with Gasteiger partial charge in [-0.15, -0.1) is 0 Å². The Kier molecular flexibility index (Phi) is 5.01. The maximum Gasteiger partial charge on any atom is 0.420 e. The van der Waals surface area contributed by atoms with Crippen molar-refractivity contribution in [3.05, 3.63) is 77.4 Å². The molecule has 29 heavy (non-hydrogen) atoms. The lowest BCUT2D eigenvalue weighted by Gasteiger charge is -2.19. The molecule has 0 saturated heterocycles. The zero-order chi connectivity index (χ0) is 21.4. The van der Waals surface area contributed by atoms with E-state index < -0.39 is 34.8 Å². The molecule has 148 valence electrons. The number of hydrogen-bond acceptors (Lipinski definition) is 2. The molecule has 1 N–H and O–H groups in total. The fourth-order valence-corrected chi connectivity index (χ4v) is 3.10. The summed E-state index contributed by atoms with van der Waals surface area (Å²) in [6.07, 6.45) is -9.71. The van der Waals surface area contributed by atoms with Crippen LogP contribution in [0.25, 0.3) is 22.3 Å². The molecule has 8 heteroatoms. The minimum Gasteiger partial charge on any atom is -0.507 e. The average molecular weight is 407 g/mol. The molecule has 3 rings (SSSR count). The molecular formula is C21H11F6NO. The van der Waals surface area contributed by atoms with Crippen LogP contribution in [0.2, 0.25) is 0 Å². The molecule has 0 unspecified atom stereocenters. The summed E-state index contributed by atoms with van der Waals surface area (Å²) >= 11 is 0. The van der Waals surface area contributed by atoms with Crippen LogP contribution in [0.3, 0.4) is 0 Å². The standard InChI is InChI=1S/C21H11F6NO/c22-20(23,24)17-6-2-1-4-14(17)13-9-8-12(11-28)10-16(13)15-5-3-7-18(29)19(15)21(25,26)27/h1-10,29H. The highest BCUT2D eigenvalue weighted by Gasteiger charge is 2.38. The van der Waals surface area contributed by atoms with E-state index in [0.717, 1.165) is 36.4 Å². The van der Waals surface area contributed by atoms with E-state index in [0.29, 0.717) is 0 Å². The van der Waals surface area contributed by atoms with Gasteiger partial charge in [-0.25, -0.2) is 0 Å². The van der Waals surface area contributed by atoms with Crippen LogP contribution in [0.15, 0.2) is 60.7 Å². The van der Waals surface area contributed by atoms with E-state index in [1.165, 1.54) is 24.3 Å². The van der Waals surface area contributed by atoms with Gasteiger partial charge in [0.2, 0.25) is 0 Å². The van der Waals surface area contributed by atoms with E-state index in [1.807, 2.05) is 0 Å². The van der Waals surface area contributed by atoms with Gasteiger partial charge in [-0.3, -0.25) is 0 Å². The molecule has 0 spiro atoms. The van der Waals surface area contributed by atoms with Crippen molar-refractivity contribution in [2.24, 2.45) is 0 Å². The number of phenolic OH excluding ortho intramolecular Hbond substituents is 1. The first-order chi connectivity index (χ1) is 13.5. The van der Waals surface area contributed by atoms with Gasteiger partial charge in [-0.2, -0.15) is 31.6 Å². The summed E-state index contributed by atoms with van der Waals surface area (Å²) in [4.78, 5) is 0. The van der Waals surface area contributed by atoms with E-state index in [-0.39, 0.29) is 22.3 Å². The molecule has 0 aliphatic rings. The molecule has 0 bridgehead atoms. The summed E-state index contributed by atoms with van der Waals surface area (Å²) in [5.41, 5.74) is -3.71. The van der Waals surface area contributed by atoms with Crippen molar-refractivity contribution < 1.29 is 31.4 Å². The number of hydrogen-bond donors (Lipinski definition) is 1.